The van der Waals surface area contributed by atoms with Crippen molar-refractivity contribution in [2.45, 2.75) is 19.2 Å². The summed E-state index contributed by atoms with van der Waals surface area (Å²) in [7, 11) is -2.12. The Bertz CT molecular complexity index is 253. The summed E-state index contributed by atoms with van der Waals surface area (Å²) in [6.45, 7) is 2.07. The summed E-state index contributed by atoms with van der Waals surface area (Å²) < 4.78 is 30.8. The van der Waals surface area contributed by atoms with Crippen LogP contribution in [0.5, 0.6) is 0 Å². The number of carbonyl (C=O) groups excluding carboxylic acids is 1. The van der Waals surface area contributed by atoms with Crippen molar-refractivity contribution in [1.29, 1.82) is 0 Å². The lowest BCUT2D eigenvalue weighted by Crippen LogP contribution is -2.14. The minimum atomic E-state index is -3.37. The average molecular weight is 224 g/mol. The molecule has 0 aliphatic carbocycles. The first kappa shape index (κ1) is 11.5. The summed E-state index contributed by atoms with van der Waals surface area (Å²) in [5, 5.41) is 0. The third-order valence-corrected chi connectivity index (χ3v) is 3.67. The highest BCUT2D eigenvalue weighted by Gasteiger charge is 2.43. The van der Waals surface area contributed by atoms with Crippen molar-refractivity contribution in [2.24, 2.45) is 0 Å². The van der Waals surface area contributed by atoms with Gasteiger partial charge in [-0.25, -0.2) is 4.79 Å². The summed E-state index contributed by atoms with van der Waals surface area (Å²) >= 11 is 0. The predicted molar refractivity (Wildman–Crippen MR) is 47.1 cm³/mol. The molecule has 0 aromatic rings. The fraction of sp³-hybridized carbons (Fsp3) is 0.857. The summed E-state index contributed by atoms with van der Waals surface area (Å²) in [6, 6.07) is 0. The third-order valence-electron chi connectivity index (χ3n) is 1.66. The van der Waals surface area contributed by atoms with E-state index in [1.807, 2.05) is 6.92 Å². The molecule has 0 aromatic heterocycles. The van der Waals surface area contributed by atoms with Gasteiger partial charge in [-0.2, -0.15) is 0 Å². The second-order valence-electron chi connectivity index (χ2n) is 2.69. The Labute approximate surface area is 82.0 Å². The van der Waals surface area contributed by atoms with Crippen LogP contribution in [0.25, 0.3) is 0 Å². The highest BCUT2D eigenvalue weighted by molar-refractivity contribution is 7.54. The van der Waals surface area contributed by atoms with Crippen molar-refractivity contribution in [3.8, 4) is 0 Å². The minimum absolute atomic E-state index is 0.0896. The third kappa shape index (κ3) is 2.47. The molecule has 1 aliphatic heterocycles. The Balaban J connectivity index is 2.59. The maximum absolute atomic E-state index is 11.9. The van der Waals surface area contributed by atoms with E-state index in [4.69, 9.17) is 9.05 Å². The molecule has 6 nitrogen and oxygen atoms in total. The van der Waals surface area contributed by atoms with Crippen LogP contribution in [-0.4, -0.2) is 32.3 Å². The summed E-state index contributed by atoms with van der Waals surface area (Å²) in [5.74, 6) is -0.938. The molecule has 2 unspecified atom stereocenters. The molecule has 0 spiro atoms. The van der Waals surface area contributed by atoms with Crippen molar-refractivity contribution in [1.82, 2.24) is 0 Å². The monoisotopic (exact) mass is 224 g/mol. The molecule has 0 amide bonds. The van der Waals surface area contributed by atoms with E-state index in [1.165, 1.54) is 7.11 Å². The molecule has 0 N–H and O–H groups in total. The number of carbonyl (C=O) groups is 1. The fourth-order valence-corrected chi connectivity index (χ4v) is 2.36. The van der Waals surface area contributed by atoms with Crippen molar-refractivity contribution in [2.75, 3.05) is 20.3 Å². The molecule has 2 atom stereocenters. The molecular formula is C7H13O6P. The lowest BCUT2D eigenvalue weighted by molar-refractivity contribution is 0.119. The molecule has 0 bridgehead atoms. The maximum Gasteiger partial charge on any atom is 0.509 e. The van der Waals surface area contributed by atoms with E-state index in [0.29, 0.717) is 13.0 Å². The van der Waals surface area contributed by atoms with Crippen LogP contribution in [0.3, 0.4) is 0 Å². The largest absolute Gasteiger partial charge is 0.509 e. The molecule has 82 valence electrons. The SMILES string of the molecule is CCCOP(=O)(OC)C1COC(=O)O1. The van der Waals surface area contributed by atoms with Gasteiger partial charge in [0.25, 0.3) is 0 Å². The molecule has 1 saturated heterocycles. The number of cyclic esters (lactones) is 2. The van der Waals surface area contributed by atoms with Gasteiger partial charge in [-0.15, -0.1) is 0 Å². The van der Waals surface area contributed by atoms with Gasteiger partial charge in [-0.05, 0) is 6.42 Å². The molecule has 7 heteroatoms. The van der Waals surface area contributed by atoms with Crippen molar-refractivity contribution >= 4 is 13.8 Å². The molecule has 0 aromatic carbocycles. The topological polar surface area (TPSA) is 71.1 Å². The Morgan fingerprint density at radius 1 is 1.64 bits per heavy atom. The molecule has 1 heterocycles. The standard InChI is InChI=1S/C7H13O6P/c1-3-4-12-14(9,10-2)6-5-11-7(8)13-6/h6H,3-5H2,1-2H3. The van der Waals surface area contributed by atoms with E-state index in [1.54, 1.807) is 0 Å². The lowest BCUT2D eigenvalue weighted by Gasteiger charge is -2.18. The maximum atomic E-state index is 11.9. The number of rotatable bonds is 5. The van der Waals surface area contributed by atoms with E-state index >= 15 is 0 Å². The first-order chi connectivity index (χ1) is 6.62. The molecule has 1 rings (SSSR count). The van der Waals surface area contributed by atoms with E-state index in [-0.39, 0.29) is 6.61 Å². The van der Waals surface area contributed by atoms with Crippen molar-refractivity contribution < 1.29 is 27.9 Å². The van der Waals surface area contributed by atoms with Gasteiger partial charge in [0.15, 0.2) is 0 Å². The zero-order valence-electron chi connectivity index (χ0n) is 8.10. The fourth-order valence-electron chi connectivity index (χ4n) is 0.946. The van der Waals surface area contributed by atoms with Crippen LogP contribution >= 0.6 is 7.60 Å². The number of ether oxygens (including phenoxy) is 2. The number of hydrogen-bond donors (Lipinski definition) is 0. The van der Waals surface area contributed by atoms with E-state index in [0.717, 1.165) is 0 Å². The molecule has 0 saturated carbocycles. The van der Waals surface area contributed by atoms with Crippen LogP contribution in [0.4, 0.5) is 4.79 Å². The van der Waals surface area contributed by atoms with Crippen LogP contribution in [0.1, 0.15) is 13.3 Å². The summed E-state index contributed by atoms with van der Waals surface area (Å²) in [4.78, 5) is 10.6. The average Bonchev–Trinajstić information content (AvgIpc) is 2.62. The van der Waals surface area contributed by atoms with Crippen molar-refractivity contribution in [3.63, 3.8) is 0 Å². The van der Waals surface area contributed by atoms with Crippen LogP contribution in [-0.2, 0) is 23.1 Å². The zero-order chi connectivity index (χ0) is 10.6. The quantitative estimate of drug-likeness (QED) is 0.523. The summed E-state index contributed by atoms with van der Waals surface area (Å²) in [6.07, 6.45) is -0.137. The van der Waals surface area contributed by atoms with Crippen LogP contribution in [0.15, 0.2) is 0 Å². The van der Waals surface area contributed by atoms with Crippen molar-refractivity contribution in [3.05, 3.63) is 0 Å². The second-order valence-corrected chi connectivity index (χ2v) is 4.97. The summed E-state index contributed by atoms with van der Waals surface area (Å²) in [5.41, 5.74) is 0. The highest BCUT2D eigenvalue weighted by atomic mass is 31.2. The van der Waals surface area contributed by atoms with E-state index in [2.05, 4.69) is 9.47 Å². The predicted octanol–water partition coefficient (Wildman–Crippen LogP) is 1.75. The minimum Gasteiger partial charge on any atom is -0.430 e. The van der Waals surface area contributed by atoms with Gasteiger partial charge in [0.1, 0.15) is 6.61 Å². The molecule has 1 fully saturated rings. The Kier molecular flexibility index (Phi) is 3.92. The Hall–Kier alpha value is -0.580. The first-order valence-corrected chi connectivity index (χ1v) is 5.87. The zero-order valence-corrected chi connectivity index (χ0v) is 8.99. The Morgan fingerprint density at radius 3 is 2.79 bits per heavy atom. The van der Waals surface area contributed by atoms with Crippen LogP contribution < -0.4 is 0 Å². The lowest BCUT2D eigenvalue weighted by atomic mass is 10.5. The second kappa shape index (κ2) is 4.77. The van der Waals surface area contributed by atoms with Crippen LogP contribution in [0.2, 0.25) is 0 Å². The molecular weight excluding hydrogens is 211 g/mol. The molecule has 14 heavy (non-hydrogen) atoms. The number of hydrogen-bond acceptors (Lipinski definition) is 6. The van der Waals surface area contributed by atoms with Crippen LogP contribution in [0, 0.1) is 0 Å². The van der Waals surface area contributed by atoms with Gasteiger partial charge in [0.2, 0.25) is 5.85 Å². The van der Waals surface area contributed by atoms with Gasteiger partial charge >= 0.3 is 13.8 Å². The van der Waals surface area contributed by atoms with E-state index in [9.17, 15) is 9.36 Å². The van der Waals surface area contributed by atoms with Gasteiger partial charge in [-0.1, -0.05) is 6.92 Å². The normalized spacial score (nSPS) is 25.3. The van der Waals surface area contributed by atoms with Gasteiger partial charge in [0, 0.05) is 7.11 Å². The van der Waals surface area contributed by atoms with Gasteiger partial charge in [-0.3, -0.25) is 4.57 Å². The van der Waals surface area contributed by atoms with Gasteiger partial charge < -0.3 is 18.5 Å². The van der Waals surface area contributed by atoms with Gasteiger partial charge in [0.05, 0.1) is 6.61 Å². The molecule has 1 aliphatic rings. The Morgan fingerprint density at radius 2 is 2.36 bits per heavy atom. The van der Waals surface area contributed by atoms with E-state index < -0.39 is 19.6 Å². The smallest absolute Gasteiger partial charge is 0.430 e. The first-order valence-electron chi connectivity index (χ1n) is 4.25. The molecule has 0 radical (unpaired) electrons. The highest BCUT2D eigenvalue weighted by Crippen LogP contribution is 2.54.